The second kappa shape index (κ2) is 6.00. The number of rotatable bonds is 5. The number of amides is 1. The summed E-state index contributed by atoms with van der Waals surface area (Å²) in [6.07, 6.45) is 0.501. The first-order chi connectivity index (χ1) is 7.63. The average molecular weight is 222 g/mol. The summed E-state index contributed by atoms with van der Waals surface area (Å²) in [7, 11) is 0. The molecule has 1 rings (SSSR count). The lowest BCUT2D eigenvalue weighted by molar-refractivity contribution is -0.120. The molecule has 0 fully saturated rings. The number of carbonyl (C=O) groups excluding carboxylic acids is 1. The van der Waals surface area contributed by atoms with Gasteiger partial charge in [0.05, 0.1) is 6.54 Å². The van der Waals surface area contributed by atoms with Crippen molar-refractivity contribution in [1.29, 1.82) is 0 Å². The number of nitrogens with two attached hydrogens (primary N) is 1. The molecule has 4 heteroatoms. The summed E-state index contributed by atoms with van der Waals surface area (Å²) in [6, 6.07) is 5.52. The largest absolute Gasteiger partial charge is 0.492 e. The summed E-state index contributed by atoms with van der Waals surface area (Å²) in [5.74, 6) is 0.814. The van der Waals surface area contributed by atoms with Gasteiger partial charge in [-0.05, 0) is 30.7 Å². The Bertz CT molecular complexity index is 364. The van der Waals surface area contributed by atoms with E-state index in [0.717, 1.165) is 17.0 Å². The van der Waals surface area contributed by atoms with E-state index in [2.05, 4.69) is 5.32 Å². The van der Waals surface area contributed by atoms with Gasteiger partial charge in [0.2, 0.25) is 5.91 Å². The van der Waals surface area contributed by atoms with Crippen molar-refractivity contribution in [1.82, 2.24) is 5.32 Å². The topological polar surface area (TPSA) is 64.3 Å². The van der Waals surface area contributed by atoms with Gasteiger partial charge in [0.25, 0.3) is 0 Å². The van der Waals surface area contributed by atoms with Crippen molar-refractivity contribution >= 4 is 11.6 Å². The van der Waals surface area contributed by atoms with Crippen LogP contribution in [-0.4, -0.2) is 19.1 Å². The van der Waals surface area contributed by atoms with Crippen LogP contribution in [0.15, 0.2) is 18.2 Å². The Kier molecular flexibility index (Phi) is 4.64. The normalized spacial score (nSPS) is 9.88. The van der Waals surface area contributed by atoms with E-state index in [1.54, 1.807) is 0 Å². The van der Waals surface area contributed by atoms with Crippen LogP contribution in [0.3, 0.4) is 0 Å². The van der Waals surface area contributed by atoms with Crippen LogP contribution in [0.1, 0.15) is 18.9 Å². The van der Waals surface area contributed by atoms with Crippen molar-refractivity contribution in [2.45, 2.75) is 20.3 Å². The second-order valence-electron chi connectivity index (χ2n) is 3.57. The molecular formula is C12H18N2O2. The highest BCUT2D eigenvalue weighted by Crippen LogP contribution is 2.18. The minimum absolute atomic E-state index is 0.0390. The van der Waals surface area contributed by atoms with Gasteiger partial charge in [-0.15, -0.1) is 0 Å². The third-order valence-corrected chi connectivity index (χ3v) is 2.26. The highest BCUT2D eigenvalue weighted by molar-refractivity contribution is 5.75. The molecule has 0 saturated heterocycles. The molecular weight excluding hydrogens is 204 g/mol. The third-order valence-electron chi connectivity index (χ3n) is 2.26. The molecule has 16 heavy (non-hydrogen) atoms. The Hall–Kier alpha value is -1.71. The summed E-state index contributed by atoms with van der Waals surface area (Å²) >= 11 is 0. The van der Waals surface area contributed by atoms with E-state index in [-0.39, 0.29) is 5.91 Å². The average Bonchev–Trinajstić information content (AvgIpc) is 2.28. The first kappa shape index (κ1) is 12.4. The summed E-state index contributed by atoms with van der Waals surface area (Å²) in [6.45, 7) is 4.74. The van der Waals surface area contributed by atoms with Crippen molar-refractivity contribution in [3.05, 3.63) is 23.8 Å². The Morgan fingerprint density at radius 3 is 2.88 bits per heavy atom. The lowest BCUT2D eigenvalue weighted by Crippen LogP contribution is -2.27. The van der Waals surface area contributed by atoms with Gasteiger partial charge in [-0.2, -0.15) is 0 Å². The van der Waals surface area contributed by atoms with E-state index in [1.807, 2.05) is 32.0 Å². The van der Waals surface area contributed by atoms with Crippen molar-refractivity contribution in [3.8, 4) is 5.75 Å². The van der Waals surface area contributed by atoms with Crippen LogP contribution in [0, 0.1) is 6.92 Å². The molecule has 0 radical (unpaired) electrons. The van der Waals surface area contributed by atoms with Crippen molar-refractivity contribution in [2.75, 3.05) is 18.9 Å². The van der Waals surface area contributed by atoms with Crippen LogP contribution < -0.4 is 15.8 Å². The molecule has 0 aliphatic carbocycles. The van der Waals surface area contributed by atoms with Gasteiger partial charge in [-0.1, -0.05) is 6.92 Å². The highest BCUT2D eigenvalue weighted by atomic mass is 16.5. The van der Waals surface area contributed by atoms with Crippen LogP contribution in [0.25, 0.3) is 0 Å². The molecule has 1 amide bonds. The zero-order valence-corrected chi connectivity index (χ0v) is 9.75. The van der Waals surface area contributed by atoms with Crippen LogP contribution >= 0.6 is 0 Å². The van der Waals surface area contributed by atoms with Gasteiger partial charge in [-0.25, -0.2) is 0 Å². The molecule has 4 nitrogen and oxygen atoms in total. The SMILES string of the molecule is CCC(=O)NCCOc1ccc(N)c(C)c1. The van der Waals surface area contributed by atoms with Crippen molar-refractivity contribution in [3.63, 3.8) is 0 Å². The molecule has 0 bridgehead atoms. The minimum atomic E-state index is 0.0390. The molecule has 3 N–H and O–H groups in total. The number of hydrogen-bond acceptors (Lipinski definition) is 3. The first-order valence-corrected chi connectivity index (χ1v) is 5.39. The number of hydrogen-bond donors (Lipinski definition) is 2. The predicted octanol–water partition coefficient (Wildman–Crippen LogP) is 1.48. The van der Waals surface area contributed by atoms with E-state index >= 15 is 0 Å². The van der Waals surface area contributed by atoms with Gasteiger partial charge < -0.3 is 15.8 Å². The van der Waals surface area contributed by atoms with E-state index < -0.39 is 0 Å². The molecule has 0 saturated carbocycles. The monoisotopic (exact) mass is 222 g/mol. The van der Waals surface area contributed by atoms with Gasteiger partial charge in [0.15, 0.2) is 0 Å². The van der Waals surface area contributed by atoms with Gasteiger partial charge in [0, 0.05) is 12.1 Å². The lowest BCUT2D eigenvalue weighted by atomic mass is 10.2. The fraction of sp³-hybridized carbons (Fsp3) is 0.417. The van der Waals surface area contributed by atoms with E-state index in [0.29, 0.717) is 19.6 Å². The Morgan fingerprint density at radius 1 is 1.50 bits per heavy atom. The standard InChI is InChI=1S/C12H18N2O2/c1-3-12(15)14-6-7-16-10-4-5-11(13)9(2)8-10/h4-5,8H,3,6-7,13H2,1-2H3,(H,14,15). The van der Waals surface area contributed by atoms with Crippen LogP contribution in [0.5, 0.6) is 5.75 Å². The number of ether oxygens (including phenoxy) is 1. The first-order valence-electron chi connectivity index (χ1n) is 5.39. The van der Waals surface area contributed by atoms with Crippen LogP contribution in [0.4, 0.5) is 5.69 Å². The molecule has 0 heterocycles. The third kappa shape index (κ3) is 3.81. The minimum Gasteiger partial charge on any atom is -0.492 e. The maximum absolute atomic E-state index is 10.9. The molecule has 0 aliphatic rings. The van der Waals surface area contributed by atoms with Crippen molar-refractivity contribution < 1.29 is 9.53 Å². The number of anilines is 1. The summed E-state index contributed by atoms with van der Waals surface area (Å²) < 4.78 is 5.47. The van der Waals surface area contributed by atoms with Crippen LogP contribution in [-0.2, 0) is 4.79 Å². The summed E-state index contributed by atoms with van der Waals surface area (Å²) in [5, 5.41) is 2.74. The molecule has 0 unspecified atom stereocenters. The molecule has 0 aromatic heterocycles. The maximum Gasteiger partial charge on any atom is 0.219 e. The number of nitrogens with one attached hydrogen (secondary N) is 1. The van der Waals surface area contributed by atoms with Gasteiger partial charge in [0.1, 0.15) is 12.4 Å². The van der Waals surface area contributed by atoms with E-state index in [4.69, 9.17) is 10.5 Å². The zero-order valence-electron chi connectivity index (χ0n) is 9.75. The van der Waals surface area contributed by atoms with E-state index in [9.17, 15) is 4.79 Å². The Morgan fingerprint density at radius 2 is 2.25 bits per heavy atom. The predicted molar refractivity (Wildman–Crippen MR) is 64.4 cm³/mol. The Labute approximate surface area is 95.8 Å². The highest BCUT2D eigenvalue weighted by Gasteiger charge is 1.98. The number of nitrogen functional groups attached to an aromatic ring is 1. The molecule has 1 aromatic rings. The molecule has 0 aliphatic heterocycles. The molecule has 0 atom stereocenters. The Balaban J connectivity index is 2.32. The smallest absolute Gasteiger partial charge is 0.219 e. The molecule has 88 valence electrons. The fourth-order valence-electron chi connectivity index (χ4n) is 1.22. The molecule has 0 spiro atoms. The number of aryl methyl sites for hydroxylation is 1. The summed E-state index contributed by atoms with van der Waals surface area (Å²) in [4.78, 5) is 10.9. The zero-order chi connectivity index (χ0) is 12.0. The van der Waals surface area contributed by atoms with Crippen molar-refractivity contribution in [2.24, 2.45) is 0 Å². The maximum atomic E-state index is 10.9. The molecule has 1 aromatic carbocycles. The van der Waals surface area contributed by atoms with Gasteiger partial charge >= 0.3 is 0 Å². The fourth-order valence-corrected chi connectivity index (χ4v) is 1.22. The lowest BCUT2D eigenvalue weighted by Gasteiger charge is -2.08. The summed E-state index contributed by atoms with van der Waals surface area (Å²) in [5.41, 5.74) is 7.44. The van der Waals surface area contributed by atoms with E-state index in [1.165, 1.54) is 0 Å². The quantitative estimate of drug-likeness (QED) is 0.586. The number of carbonyl (C=O) groups is 1. The number of benzene rings is 1. The second-order valence-corrected chi connectivity index (χ2v) is 3.57. The van der Waals surface area contributed by atoms with Gasteiger partial charge in [-0.3, -0.25) is 4.79 Å². The van der Waals surface area contributed by atoms with Crippen LogP contribution in [0.2, 0.25) is 0 Å².